The summed E-state index contributed by atoms with van der Waals surface area (Å²) < 4.78 is 0. The first-order valence-electron chi connectivity index (χ1n) is 5.06. The molecule has 0 spiro atoms. The third-order valence-electron chi connectivity index (χ3n) is 2.52. The number of aliphatic imine (C=N–C) groups is 2. The zero-order chi connectivity index (χ0) is 11.0. The molecule has 88 valence electrons. The lowest BCUT2D eigenvalue weighted by molar-refractivity contribution is 1.15. The van der Waals surface area contributed by atoms with Crippen LogP contribution in [0.15, 0.2) is 40.5 Å². The molecule has 0 aliphatic carbocycles. The largest absolute Gasteiger partial charge is 0.281 e. The smallest absolute Gasteiger partial charge is 0.122 e. The fourth-order valence-corrected chi connectivity index (χ4v) is 2.70. The first-order chi connectivity index (χ1) is 7.84. The van der Waals surface area contributed by atoms with Gasteiger partial charge in [0, 0.05) is 29.1 Å². The maximum absolute atomic E-state index is 5.87. The van der Waals surface area contributed by atoms with Crippen LogP contribution in [0, 0.1) is 0 Å². The SMILES string of the molecule is Br.Clc1ccc(C2=CN=C3SCCN=C23)cc1. The molecule has 1 aromatic carbocycles. The minimum absolute atomic E-state index is 0. The lowest BCUT2D eigenvalue weighted by atomic mass is 10.0. The summed E-state index contributed by atoms with van der Waals surface area (Å²) in [5.41, 5.74) is 3.28. The molecular weight excluding hydrogens is 320 g/mol. The second kappa shape index (κ2) is 5.38. The van der Waals surface area contributed by atoms with Crippen molar-refractivity contribution in [3.8, 4) is 0 Å². The van der Waals surface area contributed by atoms with Gasteiger partial charge in [-0.1, -0.05) is 23.7 Å². The molecule has 0 amide bonds. The molecule has 5 heteroatoms. The van der Waals surface area contributed by atoms with Gasteiger partial charge in [0.25, 0.3) is 0 Å². The van der Waals surface area contributed by atoms with Crippen molar-refractivity contribution in [3.05, 3.63) is 41.1 Å². The van der Waals surface area contributed by atoms with Gasteiger partial charge in [0.15, 0.2) is 0 Å². The fourth-order valence-electron chi connectivity index (χ4n) is 1.76. The van der Waals surface area contributed by atoms with E-state index in [4.69, 9.17) is 11.6 Å². The molecule has 0 bridgehead atoms. The highest BCUT2D eigenvalue weighted by molar-refractivity contribution is 8.93. The minimum Gasteiger partial charge on any atom is -0.281 e. The van der Waals surface area contributed by atoms with E-state index in [9.17, 15) is 0 Å². The Labute approximate surface area is 120 Å². The molecule has 0 atom stereocenters. The second-order valence-electron chi connectivity index (χ2n) is 3.56. The van der Waals surface area contributed by atoms with Crippen LogP contribution < -0.4 is 0 Å². The van der Waals surface area contributed by atoms with E-state index < -0.39 is 0 Å². The zero-order valence-corrected chi connectivity index (χ0v) is 12.2. The Hall–Kier alpha value is -0.580. The van der Waals surface area contributed by atoms with E-state index in [-0.39, 0.29) is 17.0 Å². The van der Waals surface area contributed by atoms with Crippen molar-refractivity contribution in [2.45, 2.75) is 0 Å². The normalized spacial score (nSPS) is 17.6. The summed E-state index contributed by atoms with van der Waals surface area (Å²) in [7, 11) is 0. The van der Waals surface area contributed by atoms with Gasteiger partial charge in [0.05, 0.1) is 5.71 Å². The first kappa shape index (κ1) is 12.9. The van der Waals surface area contributed by atoms with E-state index >= 15 is 0 Å². The van der Waals surface area contributed by atoms with Crippen LogP contribution in [0.2, 0.25) is 5.02 Å². The molecule has 0 fully saturated rings. The molecule has 2 aliphatic rings. The van der Waals surface area contributed by atoms with Crippen LogP contribution in [-0.4, -0.2) is 23.1 Å². The summed E-state index contributed by atoms with van der Waals surface area (Å²) in [4.78, 5) is 8.93. The average Bonchev–Trinajstić information content (AvgIpc) is 2.74. The second-order valence-corrected chi connectivity index (χ2v) is 5.08. The lowest BCUT2D eigenvalue weighted by Gasteiger charge is -2.11. The predicted octanol–water partition coefficient (Wildman–Crippen LogP) is 3.86. The van der Waals surface area contributed by atoms with Crippen molar-refractivity contribution in [3.63, 3.8) is 0 Å². The maximum atomic E-state index is 5.87. The van der Waals surface area contributed by atoms with Gasteiger partial charge >= 0.3 is 0 Å². The van der Waals surface area contributed by atoms with E-state index in [1.807, 2.05) is 30.5 Å². The molecule has 2 aliphatic heterocycles. The Morgan fingerprint density at radius 3 is 2.71 bits per heavy atom. The Kier molecular flexibility index (Phi) is 4.07. The average molecular weight is 330 g/mol. The summed E-state index contributed by atoms with van der Waals surface area (Å²) in [6.45, 7) is 0.879. The molecule has 0 saturated carbocycles. The molecule has 2 heterocycles. The highest BCUT2D eigenvalue weighted by atomic mass is 79.9. The van der Waals surface area contributed by atoms with Crippen molar-refractivity contribution >= 4 is 56.7 Å². The van der Waals surface area contributed by atoms with Crippen LogP contribution in [0.25, 0.3) is 5.57 Å². The maximum Gasteiger partial charge on any atom is 0.122 e. The first-order valence-corrected chi connectivity index (χ1v) is 6.43. The molecule has 0 aromatic heterocycles. The van der Waals surface area contributed by atoms with Gasteiger partial charge in [-0.2, -0.15) is 0 Å². The summed E-state index contributed by atoms with van der Waals surface area (Å²) in [5, 5.41) is 1.81. The minimum atomic E-state index is 0. The topological polar surface area (TPSA) is 24.7 Å². The number of allylic oxidation sites excluding steroid dienone is 1. The number of hydrogen-bond acceptors (Lipinski definition) is 3. The molecule has 0 unspecified atom stereocenters. The van der Waals surface area contributed by atoms with E-state index in [0.717, 1.165) is 39.2 Å². The van der Waals surface area contributed by atoms with Crippen molar-refractivity contribution in [1.82, 2.24) is 0 Å². The molecule has 0 N–H and O–H groups in total. The summed E-state index contributed by atoms with van der Waals surface area (Å²) in [6.07, 6.45) is 1.90. The molecule has 0 radical (unpaired) electrons. The highest BCUT2D eigenvalue weighted by Crippen LogP contribution is 2.28. The van der Waals surface area contributed by atoms with Crippen molar-refractivity contribution in [2.24, 2.45) is 9.98 Å². The molecular formula is C12H10BrClN2S. The Balaban J connectivity index is 0.00000108. The number of halogens is 2. The van der Waals surface area contributed by atoms with Gasteiger partial charge in [-0.3, -0.25) is 4.99 Å². The number of hydrogen-bond donors (Lipinski definition) is 0. The van der Waals surface area contributed by atoms with Gasteiger partial charge in [0.2, 0.25) is 0 Å². The summed E-state index contributed by atoms with van der Waals surface area (Å²) in [5.74, 6) is 1.03. The van der Waals surface area contributed by atoms with Crippen LogP contribution in [0.4, 0.5) is 0 Å². The Morgan fingerprint density at radius 1 is 1.18 bits per heavy atom. The Bertz CT molecular complexity index is 520. The summed E-state index contributed by atoms with van der Waals surface area (Å²) >= 11 is 7.65. The lowest BCUT2D eigenvalue weighted by Crippen LogP contribution is -2.15. The quantitative estimate of drug-likeness (QED) is 0.768. The number of nitrogens with zero attached hydrogens (tertiary/aromatic N) is 2. The fraction of sp³-hybridized carbons (Fsp3) is 0.167. The molecule has 0 saturated heterocycles. The zero-order valence-electron chi connectivity index (χ0n) is 8.89. The van der Waals surface area contributed by atoms with E-state index in [1.165, 1.54) is 0 Å². The number of fused-ring (bicyclic) bond motifs is 1. The monoisotopic (exact) mass is 328 g/mol. The highest BCUT2D eigenvalue weighted by Gasteiger charge is 2.23. The number of benzene rings is 1. The molecule has 3 rings (SSSR count). The van der Waals surface area contributed by atoms with Crippen molar-refractivity contribution in [2.75, 3.05) is 12.3 Å². The number of rotatable bonds is 1. The van der Waals surface area contributed by atoms with Crippen LogP contribution in [0.3, 0.4) is 0 Å². The number of thioether (sulfide) groups is 1. The van der Waals surface area contributed by atoms with Crippen LogP contribution in [0.5, 0.6) is 0 Å². The Morgan fingerprint density at radius 2 is 1.94 bits per heavy atom. The van der Waals surface area contributed by atoms with Gasteiger partial charge in [-0.25, -0.2) is 4.99 Å². The summed E-state index contributed by atoms with van der Waals surface area (Å²) in [6, 6.07) is 7.81. The molecule has 1 aromatic rings. The third-order valence-corrected chi connectivity index (χ3v) is 3.73. The van der Waals surface area contributed by atoms with Gasteiger partial charge in [-0.15, -0.1) is 28.7 Å². The van der Waals surface area contributed by atoms with Gasteiger partial charge in [0.1, 0.15) is 5.04 Å². The predicted molar refractivity (Wildman–Crippen MR) is 81.9 cm³/mol. The molecule has 17 heavy (non-hydrogen) atoms. The van der Waals surface area contributed by atoms with Crippen molar-refractivity contribution < 1.29 is 0 Å². The third kappa shape index (κ3) is 2.49. The van der Waals surface area contributed by atoms with E-state index in [0.29, 0.717) is 0 Å². The molecule has 2 nitrogen and oxygen atoms in total. The van der Waals surface area contributed by atoms with Crippen molar-refractivity contribution in [1.29, 1.82) is 0 Å². The standard InChI is InChI=1S/C12H9ClN2S.BrH/c13-9-3-1-8(2-4-9)10-7-15-12-11(10)14-5-6-16-12;/h1-4,7H,5-6H2;1H. The van der Waals surface area contributed by atoms with Crippen LogP contribution in [0.1, 0.15) is 5.56 Å². The van der Waals surface area contributed by atoms with E-state index in [2.05, 4.69) is 9.98 Å². The van der Waals surface area contributed by atoms with Gasteiger partial charge < -0.3 is 0 Å². The van der Waals surface area contributed by atoms with Crippen LogP contribution in [-0.2, 0) is 0 Å². The van der Waals surface area contributed by atoms with Gasteiger partial charge in [-0.05, 0) is 17.7 Å². The van der Waals surface area contributed by atoms with E-state index in [1.54, 1.807) is 11.8 Å². The van der Waals surface area contributed by atoms with Crippen LogP contribution >= 0.6 is 40.3 Å².